The number of aryl methyl sites for hydroxylation is 1. The molecule has 0 bridgehead atoms. The highest BCUT2D eigenvalue weighted by molar-refractivity contribution is 6.07. The first-order valence-electron chi connectivity index (χ1n) is 13.4. The van der Waals surface area contributed by atoms with Crippen molar-refractivity contribution in [3.63, 3.8) is 0 Å². The van der Waals surface area contributed by atoms with Crippen LogP contribution in [-0.4, -0.2) is 85.4 Å². The largest absolute Gasteiger partial charge is 0.464 e. The fourth-order valence-electron chi connectivity index (χ4n) is 5.12. The molecular formula is C28H35F2N7O2. The molecule has 1 amide bonds. The number of nitrogens with zero attached hydrogens (tertiary/aromatic N) is 4. The third-order valence-corrected chi connectivity index (χ3v) is 7.42. The summed E-state index contributed by atoms with van der Waals surface area (Å²) in [7, 11) is 1.67. The molecule has 1 fully saturated rings. The molecule has 9 nitrogen and oxygen atoms in total. The molecular weight excluding hydrogens is 504 g/mol. The Bertz CT molecular complexity index is 1340. The van der Waals surface area contributed by atoms with Gasteiger partial charge >= 0.3 is 0 Å². The normalized spacial score (nSPS) is 23.5. The second-order valence-electron chi connectivity index (χ2n) is 10.2. The molecule has 3 unspecified atom stereocenters. The van der Waals surface area contributed by atoms with Crippen LogP contribution in [0.3, 0.4) is 0 Å². The van der Waals surface area contributed by atoms with Crippen molar-refractivity contribution in [2.24, 2.45) is 21.8 Å². The van der Waals surface area contributed by atoms with Gasteiger partial charge in [0.15, 0.2) is 23.3 Å². The van der Waals surface area contributed by atoms with Crippen molar-refractivity contribution in [2.45, 2.75) is 26.5 Å². The maximum absolute atomic E-state index is 15.3. The number of nitrogens with one attached hydrogen (secondary N) is 3. The Hall–Kier alpha value is -3.57. The number of benzene rings is 1. The van der Waals surface area contributed by atoms with Crippen LogP contribution in [0.1, 0.15) is 19.0 Å². The van der Waals surface area contributed by atoms with E-state index in [1.165, 1.54) is 17.3 Å². The number of aromatic nitrogens is 1. The number of allylic oxidation sites excluding steroid dienone is 2. The van der Waals surface area contributed by atoms with Gasteiger partial charge in [0.25, 0.3) is 0 Å². The average Bonchev–Trinajstić information content (AvgIpc) is 3.35. The summed E-state index contributed by atoms with van der Waals surface area (Å²) in [6, 6.07) is 2.50. The minimum Gasteiger partial charge on any atom is -0.464 e. The van der Waals surface area contributed by atoms with Crippen LogP contribution in [0.4, 0.5) is 8.78 Å². The Labute approximate surface area is 226 Å². The lowest BCUT2D eigenvalue weighted by Gasteiger charge is -2.32. The lowest BCUT2D eigenvalue weighted by Crippen LogP contribution is -2.50. The van der Waals surface area contributed by atoms with E-state index >= 15 is 4.39 Å². The standard InChI is InChI=1S/C28H35F2N7O2/c1-4-36(3)28(38)23-26(35-19-7-5-18(6-8-19)15-37-11-9-31-10-12-37)32-16-33-27(23)39-22-14-21(29)25-20(24(22)30)13-17(2)34-25/h5,7-8,13-14,16,18,23,27,31,34H,4,6,9-12,15H2,1-3H3,(H,32,33,35). The Balaban J connectivity index is 1.34. The van der Waals surface area contributed by atoms with Gasteiger partial charge in [-0.1, -0.05) is 12.2 Å². The van der Waals surface area contributed by atoms with E-state index in [1.807, 2.05) is 13.0 Å². The van der Waals surface area contributed by atoms with Crippen molar-refractivity contribution < 1.29 is 18.3 Å². The van der Waals surface area contributed by atoms with E-state index in [-0.39, 0.29) is 22.6 Å². The van der Waals surface area contributed by atoms with Crippen molar-refractivity contribution in [3.05, 3.63) is 53.4 Å². The van der Waals surface area contributed by atoms with Gasteiger partial charge in [-0.05, 0) is 38.3 Å². The molecule has 3 atom stereocenters. The van der Waals surface area contributed by atoms with E-state index in [2.05, 4.69) is 42.7 Å². The van der Waals surface area contributed by atoms with E-state index in [4.69, 9.17) is 4.74 Å². The summed E-state index contributed by atoms with van der Waals surface area (Å²) in [5, 5.41) is 6.73. The molecule has 3 N–H and O–H groups in total. The molecule has 1 aliphatic carbocycles. The zero-order valence-corrected chi connectivity index (χ0v) is 22.5. The second kappa shape index (κ2) is 11.7. The first kappa shape index (κ1) is 27.0. The van der Waals surface area contributed by atoms with E-state index in [1.54, 1.807) is 14.0 Å². The molecule has 208 valence electrons. The molecule has 3 heterocycles. The van der Waals surface area contributed by atoms with Gasteiger partial charge in [0.2, 0.25) is 12.1 Å². The highest BCUT2D eigenvalue weighted by atomic mass is 19.1. The van der Waals surface area contributed by atoms with Crippen molar-refractivity contribution in [2.75, 3.05) is 46.3 Å². The summed E-state index contributed by atoms with van der Waals surface area (Å²) in [6.07, 6.45) is 7.29. The monoisotopic (exact) mass is 539 g/mol. The van der Waals surface area contributed by atoms with Crippen LogP contribution in [-0.2, 0) is 4.79 Å². The first-order valence-corrected chi connectivity index (χ1v) is 13.4. The van der Waals surface area contributed by atoms with Gasteiger partial charge in [-0.3, -0.25) is 4.79 Å². The van der Waals surface area contributed by atoms with Gasteiger partial charge in [-0.2, -0.15) is 0 Å². The molecule has 3 aliphatic rings. The van der Waals surface area contributed by atoms with E-state index in [9.17, 15) is 9.18 Å². The molecule has 1 saturated heterocycles. The summed E-state index contributed by atoms with van der Waals surface area (Å²) in [4.78, 5) is 28.9. The minimum atomic E-state index is -1.13. The molecule has 1 aromatic carbocycles. The molecule has 5 rings (SSSR count). The summed E-state index contributed by atoms with van der Waals surface area (Å²) >= 11 is 0. The predicted molar refractivity (Wildman–Crippen MR) is 148 cm³/mol. The Morgan fingerprint density at radius 3 is 2.79 bits per heavy atom. The molecule has 0 radical (unpaired) electrons. The van der Waals surface area contributed by atoms with E-state index in [0.717, 1.165) is 50.9 Å². The highest BCUT2D eigenvalue weighted by Crippen LogP contribution is 2.32. The van der Waals surface area contributed by atoms with Crippen molar-refractivity contribution in [1.29, 1.82) is 0 Å². The van der Waals surface area contributed by atoms with Crippen molar-refractivity contribution in [3.8, 4) is 5.75 Å². The molecule has 2 aliphatic heterocycles. The van der Waals surface area contributed by atoms with E-state index in [0.29, 0.717) is 24.0 Å². The number of rotatable bonds is 7. The zero-order valence-electron chi connectivity index (χ0n) is 22.5. The fraction of sp³-hybridized carbons (Fsp3) is 0.464. The smallest absolute Gasteiger partial charge is 0.238 e. The molecule has 0 spiro atoms. The lowest BCUT2D eigenvalue weighted by atomic mass is 9.97. The van der Waals surface area contributed by atoms with Gasteiger partial charge in [-0.25, -0.2) is 18.8 Å². The Kier molecular flexibility index (Phi) is 8.08. The van der Waals surface area contributed by atoms with Crippen molar-refractivity contribution >= 4 is 29.0 Å². The van der Waals surface area contributed by atoms with E-state index < -0.39 is 23.8 Å². The van der Waals surface area contributed by atoms with Crippen LogP contribution in [0.5, 0.6) is 5.75 Å². The SMILES string of the molecule is CCN(C)C(=O)C1C(NC2=CCC(CN3CCNCC3)C=C2)=NC=NC1Oc1cc(F)c2[nH]c(C)cc2c1F. The number of piperazine rings is 1. The molecule has 0 saturated carbocycles. The van der Waals surface area contributed by atoms with Gasteiger partial charge in [0, 0.05) is 69.2 Å². The van der Waals surface area contributed by atoms with Crippen LogP contribution < -0.4 is 15.4 Å². The second-order valence-corrected chi connectivity index (χ2v) is 10.2. The van der Waals surface area contributed by atoms with Crippen LogP contribution in [0.25, 0.3) is 10.9 Å². The number of H-pyrrole nitrogens is 1. The Morgan fingerprint density at radius 1 is 1.28 bits per heavy atom. The number of ether oxygens (including phenoxy) is 1. The highest BCUT2D eigenvalue weighted by Gasteiger charge is 2.39. The number of carbonyl (C=O) groups excluding carboxylic acids is 1. The summed E-state index contributed by atoms with van der Waals surface area (Å²) < 4.78 is 36.0. The number of aliphatic imine (C=N–C) groups is 2. The van der Waals surface area contributed by atoms with Crippen molar-refractivity contribution in [1.82, 2.24) is 25.4 Å². The summed E-state index contributed by atoms with van der Waals surface area (Å²) in [5.41, 5.74) is 1.51. The maximum atomic E-state index is 15.3. The number of aromatic amines is 1. The van der Waals surface area contributed by atoms with Gasteiger partial charge < -0.3 is 30.2 Å². The third-order valence-electron chi connectivity index (χ3n) is 7.42. The Morgan fingerprint density at radius 2 is 2.08 bits per heavy atom. The molecule has 2 aromatic rings. The third kappa shape index (κ3) is 5.89. The maximum Gasteiger partial charge on any atom is 0.238 e. The van der Waals surface area contributed by atoms with Gasteiger partial charge in [0.1, 0.15) is 12.2 Å². The van der Waals surface area contributed by atoms with Crippen LogP contribution >= 0.6 is 0 Å². The number of amidine groups is 1. The number of amides is 1. The van der Waals surface area contributed by atoms with Crippen LogP contribution in [0.2, 0.25) is 0 Å². The lowest BCUT2D eigenvalue weighted by molar-refractivity contribution is -0.134. The number of fused-ring (bicyclic) bond motifs is 1. The first-order chi connectivity index (χ1) is 18.8. The number of halogens is 2. The van der Waals surface area contributed by atoms with Crippen LogP contribution in [0, 0.1) is 30.4 Å². The molecule has 1 aromatic heterocycles. The van der Waals surface area contributed by atoms with Gasteiger partial charge in [-0.15, -0.1) is 0 Å². The van der Waals surface area contributed by atoms with Crippen LogP contribution in [0.15, 0.2) is 46.0 Å². The summed E-state index contributed by atoms with van der Waals surface area (Å²) in [5.74, 6) is -2.19. The summed E-state index contributed by atoms with van der Waals surface area (Å²) in [6.45, 7) is 9.15. The number of hydrogen-bond acceptors (Lipinski definition) is 7. The molecule has 11 heteroatoms. The number of carbonyl (C=O) groups is 1. The topological polar surface area (TPSA) is 97.4 Å². The molecule has 39 heavy (non-hydrogen) atoms. The quantitative estimate of drug-likeness (QED) is 0.503. The zero-order chi connectivity index (χ0) is 27.5. The predicted octanol–water partition coefficient (Wildman–Crippen LogP) is 2.95. The average molecular weight is 540 g/mol. The van der Waals surface area contributed by atoms with Gasteiger partial charge in [0.05, 0.1) is 5.52 Å². The fourth-order valence-corrected chi connectivity index (χ4v) is 5.12. The number of hydrogen-bond donors (Lipinski definition) is 3. The minimum absolute atomic E-state index is 0.0676.